The van der Waals surface area contributed by atoms with Crippen LogP contribution in [0.5, 0.6) is 5.88 Å². The molecule has 2 aliphatic carbocycles. The molecule has 35 heavy (non-hydrogen) atoms. The number of fused-ring (bicyclic) bond motifs is 2. The second-order valence-electron chi connectivity index (χ2n) is 11.0. The lowest BCUT2D eigenvalue weighted by Crippen LogP contribution is -2.67. The molecule has 9 heteroatoms. The topological polar surface area (TPSA) is 81.9 Å². The van der Waals surface area contributed by atoms with Crippen LogP contribution in [0.1, 0.15) is 48.5 Å². The summed E-state index contributed by atoms with van der Waals surface area (Å²) < 4.78 is 18.6. The van der Waals surface area contributed by atoms with Crippen LogP contribution in [0.4, 0.5) is 0 Å². The van der Waals surface area contributed by atoms with Gasteiger partial charge >= 0.3 is 0 Å². The Hall–Kier alpha value is -2.07. The molecule has 0 aliphatic heterocycles. The monoisotopic (exact) mass is 560 g/mol. The van der Waals surface area contributed by atoms with Gasteiger partial charge in [-0.15, -0.1) is 0 Å². The predicted octanol–water partition coefficient (Wildman–Crippen LogP) is 5.33. The van der Waals surface area contributed by atoms with Gasteiger partial charge in [0.15, 0.2) is 25.5 Å². The molecule has 0 amide bonds. The number of rotatable bonds is 6. The summed E-state index contributed by atoms with van der Waals surface area (Å²) in [7, 11) is 1.22. The van der Waals surface area contributed by atoms with Gasteiger partial charge in [-0.3, -0.25) is 14.5 Å². The molecule has 0 saturated heterocycles. The average Bonchev–Trinajstić information content (AvgIpc) is 3.19. The van der Waals surface area contributed by atoms with Crippen LogP contribution < -0.4 is 4.74 Å². The molecular weight excluding hydrogens is 528 g/mol. The minimum Gasteiger partial charge on any atom is -0.470 e. The van der Waals surface area contributed by atoms with Crippen LogP contribution in [-0.2, 0) is 15.8 Å². The van der Waals surface area contributed by atoms with Crippen molar-refractivity contribution in [3.05, 3.63) is 59.4 Å². The molecule has 0 N–H and O–H groups in total. The van der Waals surface area contributed by atoms with Crippen molar-refractivity contribution in [2.24, 2.45) is 5.92 Å². The minimum atomic E-state index is -2.58. The maximum Gasteiger partial charge on any atom is 0.265 e. The normalized spacial score (nSPS) is 26.6. The zero-order valence-corrected chi connectivity index (χ0v) is 23.9. The highest BCUT2D eigenvalue weighted by Crippen LogP contribution is 2.55. The number of carbonyl (C=O) groups excluding carboxylic acids is 2. The number of benzene rings is 1. The lowest BCUT2D eigenvalue weighted by atomic mass is 9.65. The van der Waals surface area contributed by atoms with Crippen LogP contribution in [-0.4, -0.2) is 54.5 Å². The van der Waals surface area contributed by atoms with Crippen molar-refractivity contribution in [1.29, 1.82) is 0 Å². The van der Waals surface area contributed by atoms with Crippen molar-refractivity contribution in [3.63, 3.8) is 0 Å². The third kappa shape index (κ3) is 4.26. The number of aromatic nitrogens is 1. The number of nitrogens with zero attached hydrogens (tertiary/aromatic N) is 2. The Balaban J connectivity index is 1.88. The van der Waals surface area contributed by atoms with Crippen molar-refractivity contribution in [1.82, 2.24) is 10.1 Å². The van der Waals surface area contributed by atoms with E-state index in [4.69, 9.17) is 13.7 Å². The fraction of sp³-hybridized carbons (Fsp3) is 0.500. The van der Waals surface area contributed by atoms with Gasteiger partial charge in [0, 0.05) is 10.7 Å². The highest BCUT2D eigenvalue weighted by atomic mass is 79.9. The first-order chi connectivity index (χ1) is 16.3. The smallest absolute Gasteiger partial charge is 0.265 e. The third-order valence-electron chi connectivity index (χ3n) is 7.47. The molecule has 1 heterocycles. The van der Waals surface area contributed by atoms with Gasteiger partial charge in [0.05, 0.1) is 6.04 Å². The molecule has 0 spiro atoms. The highest BCUT2D eigenvalue weighted by molar-refractivity contribution is 9.09. The van der Waals surface area contributed by atoms with Crippen molar-refractivity contribution >= 4 is 35.8 Å². The predicted molar refractivity (Wildman–Crippen MR) is 139 cm³/mol. The molecule has 0 bridgehead atoms. The summed E-state index contributed by atoms with van der Waals surface area (Å²) in [5.74, 6) is -0.843. The van der Waals surface area contributed by atoms with E-state index in [0.717, 1.165) is 5.56 Å². The molecular formula is C26H33BrN2O5Si. The van der Waals surface area contributed by atoms with Gasteiger partial charge in [0.2, 0.25) is 5.78 Å². The molecule has 1 aromatic carbocycles. The van der Waals surface area contributed by atoms with Gasteiger partial charge in [0.1, 0.15) is 12.2 Å². The summed E-state index contributed by atoms with van der Waals surface area (Å²) >= 11 is 3.73. The number of hydrogen-bond acceptors (Lipinski definition) is 7. The Morgan fingerprint density at radius 3 is 2.43 bits per heavy atom. The van der Waals surface area contributed by atoms with Gasteiger partial charge in [-0.2, -0.15) is 0 Å². The van der Waals surface area contributed by atoms with E-state index in [9.17, 15) is 9.59 Å². The van der Waals surface area contributed by atoms with Gasteiger partial charge in [-0.25, -0.2) is 0 Å². The number of Topliss-reactive ketones (excluding diaryl/α,β-unsaturated/α-hetero) is 1. The quantitative estimate of drug-likeness (QED) is 0.268. The number of alkyl halides is 1. The SMILES string of the molecule is CN(C)[C@@H]1c2onc(OCc3ccccc3)c2C(=O)[C@@]2(O[Si](C)(C)C(C)(C)C)C(=O)C=C[C@@H](Br)[C@@H]12. The molecule has 188 valence electrons. The van der Waals surface area contributed by atoms with E-state index in [1.54, 1.807) is 6.08 Å². The molecule has 2 aromatic rings. The molecule has 0 radical (unpaired) electrons. The first-order valence-corrected chi connectivity index (χ1v) is 15.6. The van der Waals surface area contributed by atoms with Gasteiger partial charge in [-0.1, -0.05) is 73.1 Å². The molecule has 7 nitrogen and oxygen atoms in total. The van der Waals surface area contributed by atoms with Crippen LogP contribution in [0, 0.1) is 5.92 Å². The average molecular weight is 562 g/mol. The first-order valence-electron chi connectivity index (χ1n) is 11.8. The minimum absolute atomic E-state index is 0.0887. The summed E-state index contributed by atoms with van der Waals surface area (Å²) in [6, 6.07) is 9.18. The molecule has 2 aliphatic rings. The van der Waals surface area contributed by atoms with Crippen LogP contribution in [0.15, 0.2) is 47.0 Å². The Morgan fingerprint density at radius 1 is 1.17 bits per heavy atom. The lowest BCUT2D eigenvalue weighted by molar-refractivity contribution is -0.134. The van der Waals surface area contributed by atoms with Gasteiger partial charge < -0.3 is 13.7 Å². The largest absolute Gasteiger partial charge is 0.470 e. The fourth-order valence-corrected chi connectivity index (χ4v) is 6.87. The second-order valence-corrected chi connectivity index (χ2v) is 16.8. The first kappa shape index (κ1) is 26.0. The second kappa shape index (κ2) is 9.10. The maximum absolute atomic E-state index is 14.4. The van der Waals surface area contributed by atoms with Gasteiger partial charge in [0.25, 0.3) is 5.88 Å². The van der Waals surface area contributed by atoms with Crippen molar-refractivity contribution in [3.8, 4) is 5.88 Å². The van der Waals surface area contributed by atoms with E-state index in [1.165, 1.54) is 6.08 Å². The summed E-state index contributed by atoms with van der Waals surface area (Å²) in [6.07, 6.45) is 3.26. The zero-order chi connectivity index (χ0) is 25.8. The van der Waals surface area contributed by atoms with Crippen molar-refractivity contribution < 1.29 is 23.3 Å². The summed E-state index contributed by atoms with van der Waals surface area (Å²) in [5.41, 5.74) is -0.582. The summed E-state index contributed by atoms with van der Waals surface area (Å²) in [5, 5.41) is 3.93. The summed E-state index contributed by atoms with van der Waals surface area (Å²) in [6.45, 7) is 10.6. The highest BCUT2D eigenvalue weighted by Gasteiger charge is 2.66. The van der Waals surface area contributed by atoms with Crippen molar-refractivity contribution in [2.75, 3.05) is 14.1 Å². The Labute approximate surface area is 216 Å². The molecule has 1 aromatic heterocycles. The van der Waals surface area contributed by atoms with Crippen LogP contribution in [0.3, 0.4) is 0 Å². The zero-order valence-electron chi connectivity index (χ0n) is 21.3. The van der Waals surface area contributed by atoms with Crippen molar-refractivity contribution in [2.45, 2.75) is 62.0 Å². The van der Waals surface area contributed by atoms with Crippen LogP contribution in [0.2, 0.25) is 18.1 Å². The Bertz CT molecular complexity index is 1150. The molecule has 0 fully saturated rings. The van der Waals surface area contributed by atoms with E-state index in [2.05, 4.69) is 55.0 Å². The van der Waals surface area contributed by atoms with Gasteiger partial charge in [-0.05, 0) is 49.0 Å². The molecule has 0 unspecified atom stereocenters. The number of ketones is 2. The van der Waals surface area contributed by atoms with E-state index < -0.39 is 31.7 Å². The van der Waals surface area contributed by atoms with Crippen LogP contribution in [0.25, 0.3) is 0 Å². The third-order valence-corrected chi connectivity index (χ3v) is 12.8. The fourth-order valence-electron chi connectivity index (χ4n) is 4.62. The Kier molecular flexibility index (Phi) is 6.76. The summed E-state index contributed by atoms with van der Waals surface area (Å²) in [4.78, 5) is 29.8. The van der Waals surface area contributed by atoms with E-state index in [1.807, 2.05) is 49.3 Å². The van der Waals surface area contributed by atoms with E-state index in [-0.39, 0.29) is 33.7 Å². The Morgan fingerprint density at radius 2 is 1.83 bits per heavy atom. The number of hydrogen-bond donors (Lipinski definition) is 0. The van der Waals surface area contributed by atoms with E-state index >= 15 is 0 Å². The molecule has 0 saturated carbocycles. The maximum atomic E-state index is 14.4. The lowest BCUT2D eigenvalue weighted by Gasteiger charge is -2.53. The molecule has 4 atom stereocenters. The number of carbonyl (C=O) groups is 2. The standard InChI is InChI=1S/C26H33BrN2O5Si/c1-25(2,3)35(6,7)34-26-18(30)14-13-17(27)20(26)21(29(4)5)22-19(23(26)31)24(28-33-22)32-15-16-11-9-8-10-12-16/h8-14,17,20-21H,15H2,1-7H3/t17-,20+,21+,26-/m1/s1. The van der Waals surface area contributed by atoms with E-state index in [0.29, 0.717) is 5.76 Å². The number of halogens is 1. The number of allylic oxidation sites excluding steroid dienone is 1. The van der Waals surface area contributed by atoms with Crippen LogP contribution >= 0.6 is 15.9 Å². The molecule has 4 rings (SSSR count). The number of ether oxygens (including phenoxy) is 1.